The third-order valence-electron chi connectivity index (χ3n) is 4.88. The summed E-state index contributed by atoms with van der Waals surface area (Å²) in [5.74, 6) is -1.17. The second-order valence-corrected chi connectivity index (χ2v) is 10.3. The minimum absolute atomic E-state index is 0.00507. The Morgan fingerprint density at radius 3 is 2.31 bits per heavy atom. The molecule has 0 saturated carbocycles. The van der Waals surface area contributed by atoms with Crippen LogP contribution < -0.4 is 10.0 Å². The van der Waals surface area contributed by atoms with Crippen molar-refractivity contribution in [1.29, 1.82) is 0 Å². The lowest BCUT2D eigenvalue weighted by atomic mass is 9.87. The largest absolute Gasteiger partial charge is 0.352 e. The molecule has 0 atom stereocenters. The van der Waals surface area contributed by atoms with Crippen molar-refractivity contribution >= 4 is 33.2 Å². The van der Waals surface area contributed by atoms with Crippen LogP contribution in [0, 0.1) is 5.82 Å². The summed E-state index contributed by atoms with van der Waals surface area (Å²) in [7, 11) is -1.09. The SMILES string of the molecule is CNC(=O)c1nnc(-c2cc(Cl)c(F)cc2NS(=O)(=O)c2ccc(C(C)(C)C)cc2)n1C. The summed E-state index contributed by atoms with van der Waals surface area (Å²) in [5.41, 5.74) is 0.897. The summed E-state index contributed by atoms with van der Waals surface area (Å²) >= 11 is 5.94. The molecular weight excluding hydrogens is 457 g/mol. The molecule has 11 heteroatoms. The van der Waals surface area contributed by atoms with E-state index in [1.54, 1.807) is 12.1 Å². The molecule has 3 rings (SSSR count). The number of nitrogens with zero attached hydrogens (tertiary/aromatic N) is 3. The minimum atomic E-state index is -4.06. The molecule has 0 aliphatic rings. The van der Waals surface area contributed by atoms with E-state index in [4.69, 9.17) is 11.6 Å². The molecule has 0 spiro atoms. The third-order valence-corrected chi connectivity index (χ3v) is 6.55. The lowest BCUT2D eigenvalue weighted by Gasteiger charge is -2.19. The smallest absolute Gasteiger partial charge is 0.288 e. The molecule has 1 amide bonds. The first-order valence-corrected chi connectivity index (χ1v) is 11.5. The van der Waals surface area contributed by atoms with Gasteiger partial charge in [-0.2, -0.15) is 0 Å². The van der Waals surface area contributed by atoms with Crippen LogP contribution in [0.1, 0.15) is 37.0 Å². The van der Waals surface area contributed by atoms with Gasteiger partial charge in [-0.15, -0.1) is 10.2 Å². The van der Waals surface area contributed by atoms with Crippen molar-refractivity contribution in [3.05, 3.63) is 58.6 Å². The number of anilines is 1. The van der Waals surface area contributed by atoms with Gasteiger partial charge in [-0.05, 0) is 29.2 Å². The molecule has 0 fully saturated rings. The maximum atomic E-state index is 14.3. The van der Waals surface area contributed by atoms with E-state index >= 15 is 0 Å². The maximum absolute atomic E-state index is 14.3. The van der Waals surface area contributed by atoms with Gasteiger partial charge in [0, 0.05) is 25.7 Å². The molecule has 0 bridgehead atoms. The predicted molar refractivity (Wildman–Crippen MR) is 121 cm³/mol. The number of benzene rings is 2. The summed E-state index contributed by atoms with van der Waals surface area (Å²) in [4.78, 5) is 12.0. The van der Waals surface area contributed by atoms with Crippen molar-refractivity contribution < 1.29 is 17.6 Å². The van der Waals surface area contributed by atoms with Crippen molar-refractivity contribution in [1.82, 2.24) is 20.1 Å². The van der Waals surface area contributed by atoms with Crippen LogP contribution in [-0.4, -0.2) is 36.1 Å². The van der Waals surface area contributed by atoms with Crippen LogP contribution in [0.25, 0.3) is 11.4 Å². The molecule has 0 unspecified atom stereocenters. The van der Waals surface area contributed by atoms with Crippen LogP contribution in [0.4, 0.5) is 10.1 Å². The Morgan fingerprint density at radius 2 is 1.75 bits per heavy atom. The van der Waals surface area contributed by atoms with E-state index in [1.165, 1.54) is 36.9 Å². The Hall–Kier alpha value is -2.98. The normalized spacial score (nSPS) is 12.0. The van der Waals surface area contributed by atoms with Gasteiger partial charge in [-0.25, -0.2) is 12.8 Å². The van der Waals surface area contributed by atoms with Crippen molar-refractivity contribution in [2.45, 2.75) is 31.1 Å². The Morgan fingerprint density at radius 1 is 1.12 bits per heavy atom. The lowest BCUT2D eigenvalue weighted by Crippen LogP contribution is -2.22. The lowest BCUT2D eigenvalue weighted by molar-refractivity contribution is 0.0949. The van der Waals surface area contributed by atoms with Gasteiger partial charge in [0.25, 0.3) is 15.9 Å². The standard InChI is InChI=1S/C21H23ClFN5O3S/c1-21(2,3)12-6-8-13(9-7-12)32(30,31)27-17-11-16(23)15(22)10-14(17)18-25-26-19(28(18)5)20(29)24-4/h6-11,27H,1-5H3,(H,24,29). The van der Waals surface area contributed by atoms with Gasteiger partial charge in [-0.3, -0.25) is 9.52 Å². The molecule has 2 aromatic carbocycles. The third kappa shape index (κ3) is 4.61. The summed E-state index contributed by atoms with van der Waals surface area (Å²) in [6, 6.07) is 8.64. The fourth-order valence-corrected chi connectivity index (χ4v) is 4.26. The number of nitrogens with one attached hydrogen (secondary N) is 2. The summed E-state index contributed by atoms with van der Waals surface area (Å²) in [6.07, 6.45) is 0. The average molecular weight is 480 g/mol. The number of aromatic nitrogens is 3. The zero-order valence-corrected chi connectivity index (χ0v) is 19.8. The number of sulfonamides is 1. The molecule has 0 aliphatic carbocycles. The Balaban J connectivity index is 2.06. The van der Waals surface area contributed by atoms with E-state index in [-0.39, 0.29) is 38.2 Å². The van der Waals surface area contributed by atoms with E-state index in [2.05, 4.69) is 20.2 Å². The fraction of sp³-hybridized carbons (Fsp3) is 0.286. The molecule has 3 aromatic rings. The van der Waals surface area contributed by atoms with Crippen molar-refractivity contribution in [2.24, 2.45) is 7.05 Å². The van der Waals surface area contributed by atoms with E-state index in [9.17, 15) is 17.6 Å². The van der Waals surface area contributed by atoms with Gasteiger partial charge in [-0.1, -0.05) is 44.5 Å². The number of carbonyl (C=O) groups excluding carboxylic acids is 1. The molecule has 32 heavy (non-hydrogen) atoms. The Labute approximate surface area is 190 Å². The topological polar surface area (TPSA) is 106 Å². The molecule has 0 radical (unpaired) electrons. The molecule has 170 valence electrons. The van der Waals surface area contributed by atoms with Gasteiger partial charge < -0.3 is 9.88 Å². The highest BCUT2D eigenvalue weighted by atomic mass is 35.5. The molecule has 1 aromatic heterocycles. The number of hydrogen-bond acceptors (Lipinski definition) is 5. The van der Waals surface area contributed by atoms with Gasteiger partial charge in [0.2, 0.25) is 5.82 Å². The van der Waals surface area contributed by atoms with Crippen LogP contribution in [0.15, 0.2) is 41.3 Å². The van der Waals surface area contributed by atoms with Crippen LogP contribution in [0.2, 0.25) is 5.02 Å². The van der Waals surface area contributed by atoms with Crippen LogP contribution in [-0.2, 0) is 22.5 Å². The Bertz CT molecular complexity index is 1280. The molecule has 0 saturated heterocycles. The van der Waals surface area contributed by atoms with E-state index in [0.717, 1.165) is 11.6 Å². The summed E-state index contributed by atoms with van der Waals surface area (Å²) in [6.45, 7) is 6.06. The van der Waals surface area contributed by atoms with Crippen molar-refractivity contribution in [3.8, 4) is 11.4 Å². The summed E-state index contributed by atoms with van der Waals surface area (Å²) < 4.78 is 44.0. The highest BCUT2D eigenvalue weighted by Crippen LogP contribution is 2.33. The molecular formula is C21H23ClFN5O3S. The highest BCUT2D eigenvalue weighted by molar-refractivity contribution is 7.92. The number of halogens is 2. The first kappa shape index (κ1) is 23.7. The van der Waals surface area contributed by atoms with Gasteiger partial charge in [0.05, 0.1) is 15.6 Å². The first-order chi connectivity index (χ1) is 14.8. The Kier molecular flexibility index (Phi) is 6.30. The van der Waals surface area contributed by atoms with Crippen LogP contribution in [0.3, 0.4) is 0 Å². The van der Waals surface area contributed by atoms with Gasteiger partial charge in [0.15, 0.2) is 5.82 Å². The van der Waals surface area contributed by atoms with Crippen molar-refractivity contribution in [2.75, 3.05) is 11.8 Å². The molecule has 0 aliphatic heterocycles. The zero-order valence-electron chi connectivity index (χ0n) is 18.2. The number of amides is 1. The number of rotatable bonds is 5. The maximum Gasteiger partial charge on any atom is 0.288 e. The van der Waals surface area contributed by atoms with E-state index < -0.39 is 21.7 Å². The summed E-state index contributed by atoms with van der Waals surface area (Å²) in [5, 5.41) is 10.00. The average Bonchev–Trinajstić information content (AvgIpc) is 3.10. The molecule has 1 heterocycles. The second kappa shape index (κ2) is 8.51. The minimum Gasteiger partial charge on any atom is -0.352 e. The quantitative estimate of drug-likeness (QED) is 0.580. The fourth-order valence-electron chi connectivity index (χ4n) is 3.03. The van der Waals surface area contributed by atoms with Crippen molar-refractivity contribution in [3.63, 3.8) is 0 Å². The highest BCUT2D eigenvalue weighted by Gasteiger charge is 2.24. The number of hydrogen-bond donors (Lipinski definition) is 2. The first-order valence-electron chi connectivity index (χ1n) is 9.59. The van der Waals surface area contributed by atoms with Gasteiger partial charge >= 0.3 is 0 Å². The van der Waals surface area contributed by atoms with Crippen LogP contribution >= 0.6 is 11.6 Å². The van der Waals surface area contributed by atoms with Crippen LogP contribution in [0.5, 0.6) is 0 Å². The van der Waals surface area contributed by atoms with E-state index in [0.29, 0.717) is 0 Å². The second-order valence-electron chi connectivity index (χ2n) is 8.18. The van der Waals surface area contributed by atoms with Gasteiger partial charge in [0.1, 0.15) is 5.82 Å². The molecule has 8 nitrogen and oxygen atoms in total. The monoisotopic (exact) mass is 479 g/mol. The zero-order chi connectivity index (χ0) is 23.8. The predicted octanol–water partition coefficient (Wildman–Crippen LogP) is 3.73. The number of carbonyl (C=O) groups is 1. The molecule has 2 N–H and O–H groups in total. The van der Waals surface area contributed by atoms with E-state index in [1.807, 2.05) is 20.8 Å².